The van der Waals surface area contributed by atoms with Gasteiger partial charge in [-0.3, -0.25) is 9.55 Å². The highest BCUT2D eigenvalue weighted by Gasteiger charge is 2.19. The molecule has 0 amide bonds. The Labute approximate surface area is 294 Å². The van der Waals surface area contributed by atoms with Gasteiger partial charge in [0.2, 0.25) is 0 Å². The summed E-state index contributed by atoms with van der Waals surface area (Å²) in [6.45, 7) is 0. The van der Waals surface area contributed by atoms with Crippen LogP contribution in [0.5, 0.6) is 0 Å². The molecule has 234 valence electrons. The molecule has 0 aliphatic carbocycles. The zero-order valence-electron chi connectivity index (χ0n) is 27.0. The van der Waals surface area contributed by atoms with Gasteiger partial charge in [0.05, 0.1) is 17.2 Å². The minimum atomic E-state index is 0.883. The van der Waals surface area contributed by atoms with Crippen LogP contribution in [0.15, 0.2) is 174 Å². The van der Waals surface area contributed by atoms with E-state index in [2.05, 4.69) is 154 Å². The van der Waals surface area contributed by atoms with Crippen molar-refractivity contribution < 1.29 is 0 Å². The molecule has 10 rings (SSSR count). The monoisotopic (exact) mass is 655 g/mol. The second-order valence-electron chi connectivity index (χ2n) is 12.6. The van der Waals surface area contributed by atoms with E-state index in [4.69, 9.17) is 0 Å². The van der Waals surface area contributed by atoms with Gasteiger partial charge in [-0.15, -0.1) is 0 Å². The summed E-state index contributed by atoms with van der Waals surface area (Å²) < 4.78 is 2.20. The van der Waals surface area contributed by atoms with Crippen molar-refractivity contribution in [3.05, 3.63) is 175 Å². The first-order valence-electron chi connectivity index (χ1n) is 16.8. The summed E-state index contributed by atoms with van der Waals surface area (Å²) in [7, 11) is 0. The maximum Gasteiger partial charge on any atom is 0.137 e. The third-order valence-electron chi connectivity index (χ3n) is 9.80. The molecule has 3 nitrogen and oxygen atoms in total. The van der Waals surface area contributed by atoms with Crippen LogP contribution >= 0.6 is 11.8 Å². The van der Waals surface area contributed by atoms with Gasteiger partial charge >= 0.3 is 0 Å². The lowest BCUT2D eigenvalue weighted by Gasteiger charge is -2.17. The van der Waals surface area contributed by atoms with E-state index in [-0.39, 0.29) is 0 Å². The summed E-state index contributed by atoms with van der Waals surface area (Å²) >= 11 is 1.87. The molecular weight excluding hydrogens is 627 g/mol. The van der Waals surface area contributed by atoms with Crippen LogP contribution < -0.4 is 0 Å². The number of fused-ring (bicyclic) bond motifs is 11. The Bertz CT molecular complexity index is 2790. The molecule has 0 fully saturated rings. The van der Waals surface area contributed by atoms with E-state index in [9.17, 15) is 0 Å². The topological polar surface area (TPSA) is 30.7 Å². The van der Waals surface area contributed by atoms with Gasteiger partial charge in [-0.2, -0.15) is 0 Å². The fourth-order valence-corrected chi connectivity index (χ4v) is 8.65. The van der Waals surface area contributed by atoms with Crippen molar-refractivity contribution >= 4 is 56.5 Å². The van der Waals surface area contributed by atoms with Crippen LogP contribution in [-0.2, 0) is 0 Å². The minimum Gasteiger partial charge on any atom is -0.292 e. The zero-order chi connectivity index (χ0) is 33.0. The molecule has 1 aliphatic heterocycles. The van der Waals surface area contributed by atoms with Gasteiger partial charge in [-0.1, -0.05) is 127 Å². The van der Waals surface area contributed by atoms with Crippen molar-refractivity contribution in [2.24, 2.45) is 0 Å². The Kier molecular flexibility index (Phi) is 6.74. The van der Waals surface area contributed by atoms with Crippen LogP contribution in [0.1, 0.15) is 11.1 Å². The molecule has 1 aliphatic rings. The molecule has 4 heterocycles. The van der Waals surface area contributed by atoms with Crippen LogP contribution in [0.2, 0.25) is 0 Å². The van der Waals surface area contributed by atoms with Crippen molar-refractivity contribution in [1.29, 1.82) is 0 Å². The number of nitrogens with zero attached hydrogens (tertiary/aromatic N) is 3. The fourth-order valence-electron chi connectivity index (χ4n) is 7.42. The predicted octanol–water partition coefficient (Wildman–Crippen LogP) is 12.4. The van der Waals surface area contributed by atoms with Gasteiger partial charge in [0.25, 0.3) is 0 Å². The van der Waals surface area contributed by atoms with Crippen molar-refractivity contribution in [2.45, 2.75) is 9.79 Å². The number of pyridine rings is 2. The Hall–Kier alpha value is -6.23. The van der Waals surface area contributed by atoms with Gasteiger partial charge in [0.15, 0.2) is 0 Å². The number of hydrogen-bond donors (Lipinski definition) is 0. The Balaban J connectivity index is 1.22. The SMILES string of the molecule is C1=C\c2ccc(-c3ccc4c(c3)c3ccncc3n4-c3ccccn3)cc2-c2ccc3ccccc3c2Sc2ccccc2-c2ccccc2/1. The summed E-state index contributed by atoms with van der Waals surface area (Å²) in [4.78, 5) is 11.7. The first kappa shape index (κ1) is 28.8. The van der Waals surface area contributed by atoms with Crippen LogP contribution in [0.3, 0.4) is 0 Å². The summed E-state index contributed by atoms with van der Waals surface area (Å²) in [5, 5.41) is 4.84. The van der Waals surface area contributed by atoms with E-state index in [1.165, 1.54) is 70.5 Å². The standard InChI is InChI=1S/C46H29N3S/c1-3-11-35-30(9-1)16-17-32-18-19-33(34-21-23-42-41(28-34)37-24-26-47-29-43(37)49(42)45-15-7-8-25-48-45)27-40(32)39-22-20-31-10-2-4-12-36(31)46(39)50-44-14-6-5-13-38(35)44/h1-29H/b17-16-. The van der Waals surface area contributed by atoms with Crippen molar-refractivity contribution in [3.8, 4) is 39.2 Å². The van der Waals surface area contributed by atoms with Gasteiger partial charge in [-0.25, -0.2) is 4.98 Å². The molecule has 0 bridgehead atoms. The van der Waals surface area contributed by atoms with Gasteiger partial charge in [-0.05, 0) is 97.7 Å². The summed E-state index contributed by atoms with van der Waals surface area (Å²) in [6.07, 6.45) is 10.2. The summed E-state index contributed by atoms with van der Waals surface area (Å²) in [6, 6.07) is 52.7. The molecule has 0 saturated heterocycles. The van der Waals surface area contributed by atoms with Crippen LogP contribution in [-0.4, -0.2) is 14.5 Å². The molecule has 50 heavy (non-hydrogen) atoms. The lowest BCUT2D eigenvalue weighted by atomic mass is 9.92. The largest absolute Gasteiger partial charge is 0.292 e. The van der Waals surface area contributed by atoms with E-state index >= 15 is 0 Å². The molecule has 0 N–H and O–H groups in total. The highest BCUT2D eigenvalue weighted by molar-refractivity contribution is 7.99. The van der Waals surface area contributed by atoms with Gasteiger partial charge < -0.3 is 0 Å². The Morgan fingerprint density at radius 3 is 2.18 bits per heavy atom. The maximum atomic E-state index is 4.69. The lowest BCUT2D eigenvalue weighted by Crippen LogP contribution is -1.96. The second kappa shape index (κ2) is 11.7. The van der Waals surface area contributed by atoms with E-state index in [0.717, 1.165) is 22.2 Å². The van der Waals surface area contributed by atoms with Crippen LogP contribution in [0.4, 0.5) is 0 Å². The Morgan fingerprint density at radius 1 is 0.480 bits per heavy atom. The molecule has 0 saturated carbocycles. The molecule has 0 atom stereocenters. The molecule has 0 radical (unpaired) electrons. The highest BCUT2D eigenvalue weighted by atomic mass is 32.2. The van der Waals surface area contributed by atoms with E-state index < -0.39 is 0 Å². The van der Waals surface area contributed by atoms with Crippen molar-refractivity contribution in [2.75, 3.05) is 0 Å². The number of rotatable bonds is 2. The van der Waals surface area contributed by atoms with E-state index in [1.807, 2.05) is 48.6 Å². The third kappa shape index (κ3) is 4.68. The number of aromatic nitrogens is 3. The highest BCUT2D eigenvalue weighted by Crippen LogP contribution is 2.47. The van der Waals surface area contributed by atoms with Crippen molar-refractivity contribution in [3.63, 3.8) is 0 Å². The molecular formula is C46H29N3S. The lowest BCUT2D eigenvalue weighted by molar-refractivity contribution is 1.07. The van der Waals surface area contributed by atoms with Gasteiger partial charge in [0, 0.05) is 33.0 Å². The van der Waals surface area contributed by atoms with E-state index in [0.29, 0.717) is 0 Å². The van der Waals surface area contributed by atoms with Crippen LogP contribution in [0.25, 0.3) is 83.9 Å². The van der Waals surface area contributed by atoms with Crippen molar-refractivity contribution in [1.82, 2.24) is 14.5 Å². The molecule has 3 aromatic heterocycles. The number of benzene rings is 6. The quantitative estimate of drug-likeness (QED) is 0.186. The average molecular weight is 656 g/mol. The normalized spacial score (nSPS) is 12.9. The average Bonchev–Trinajstić information content (AvgIpc) is 3.50. The van der Waals surface area contributed by atoms with Crippen LogP contribution in [0, 0.1) is 0 Å². The first-order chi connectivity index (χ1) is 24.8. The smallest absolute Gasteiger partial charge is 0.137 e. The Morgan fingerprint density at radius 2 is 1.26 bits per heavy atom. The predicted molar refractivity (Wildman–Crippen MR) is 210 cm³/mol. The molecule has 0 unspecified atom stereocenters. The van der Waals surface area contributed by atoms with E-state index in [1.54, 1.807) is 0 Å². The summed E-state index contributed by atoms with van der Waals surface area (Å²) in [5.41, 5.74) is 11.8. The fraction of sp³-hybridized carbons (Fsp3) is 0. The van der Waals surface area contributed by atoms with Gasteiger partial charge in [0.1, 0.15) is 5.82 Å². The zero-order valence-corrected chi connectivity index (χ0v) is 27.8. The number of hydrogen-bond acceptors (Lipinski definition) is 3. The summed E-state index contributed by atoms with van der Waals surface area (Å²) in [5.74, 6) is 0.883. The minimum absolute atomic E-state index is 0.883. The second-order valence-corrected chi connectivity index (χ2v) is 13.7. The third-order valence-corrected chi connectivity index (χ3v) is 11.0. The first-order valence-corrected chi connectivity index (χ1v) is 17.6. The maximum absolute atomic E-state index is 4.69. The molecule has 0 spiro atoms. The molecule has 9 aromatic rings. The molecule has 4 heteroatoms. The molecule has 6 aromatic carbocycles.